The molecule has 0 saturated carbocycles. The third kappa shape index (κ3) is 4.13. The van der Waals surface area contributed by atoms with Crippen LogP contribution in [0.3, 0.4) is 0 Å². The van der Waals surface area contributed by atoms with E-state index in [1.54, 1.807) is 6.07 Å². The highest BCUT2D eigenvalue weighted by atomic mass is 79.9. The lowest BCUT2D eigenvalue weighted by atomic mass is 10.2. The number of methoxy groups -OCH3 is 1. The summed E-state index contributed by atoms with van der Waals surface area (Å²) >= 11 is 9.05. The zero-order valence-electron chi connectivity index (χ0n) is 14.4. The Hall–Kier alpha value is -2.56. The Balaban J connectivity index is 2.06. The Labute approximate surface area is 171 Å². The van der Waals surface area contributed by atoms with E-state index in [1.807, 2.05) is 0 Å². The van der Waals surface area contributed by atoms with Gasteiger partial charge in [-0.2, -0.15) is 0 Å². The van der Waals surface area contributed by atoms with Crippen LogP contribution in [0.5, 0.6) is 5.75 Å². The van der Waals surface area contributed by atoms with Crippen molar-refractivity contribution < 1.29 is 18.8 Å². The predicted molar refractivity (Wildman–Crippen MR) is 106 cm³/mol. The third-order valence-electron chi connectivity index (χ3n) is 3.75. The van der Waals surface area contributed by atoms with Gasteiger partial charge in [0.05, 0.1) is 33.1 Å². The first-order valence-electron chi connectivity index (χ1n) is 7.87. The van der Waals surface area contributed by atoms with Gasteiger partial charge in [-0.05, 0) is 28.1 Å². The van der Waals surface area contributed by atoms with Crippen LogP contribution in [0.15, 0.2) is 35.1 Å². The van der Waals surface area contributed by atoms with Gasteiger partial charge < -0.3 is 14.8 Å². The number of hydrogen-bond donors (Lipinski definition) is 1. The topological polar surface area (TPSA) is 99.4 Å². The van der Waals surface area contributed by atoms with E-state index in [0.717, 1.165) is 0 Å². The maximum Gasteiger partial charge on any atom is 0.311 e. The van der Waals surface area contributed by atoms with Crippen molar-refractivity contribution in [1.82, 2.24) is 9.97 Å². The summed E-state index contributed by atoms with van der Waals surface area (Å²) in [6.45, 7) is 0.414. The Morgan fingerprint density at radius 2 is 2.11 bits per heavy atom. The molecule has 0 spiro atoms. The maximum atomic E-state index is 14.4. The van der Waals surface area contributed by atoms with Gasteiger partial charge in [0, 0.05) is 23.7 Å². The van der Waals surface area contributed by atoms with Crippen LogP contribution >= 0.6 is 27.5 Å². The molecule has 0 fully saturated rings. The first-order chi connectivity index (χ1) is 13.4. The minimum atomic E-state index is -0.683. The Morgan fingerprint density at radius 1 is 1.32 bits per heavy atom. The quantitative estimate of drug-likeness (QED) is 0.227. The van der Waals surface area contributed by atoms with Gasteiger partial charge in [-0.15, -0.1) is 0 Å². The zero-order chi connectivity index (χ0) is 20.3. The van der Waals surface area contributed by atoms with E-state index in [0.29, 0.717) is 15.4 Å². The highest BCUT2D eigenvalue weighted by Gasteiger charge is 2.20. The number of benzene rings is 2. The van der Waals surface area contributed by atoms with Crippen molar-refractivity contribution in [2.45, 2.75) is 0 Å². The first-order valence-corrected chi connectivity index (χ1v) is 9.05. The molecule has 1 heterocycles. The van der Waals surface area contributed by atoms with Gasteiger partial charge in [-0.1, -0.05) is 11.6 Å². The number of ether oxygens (including phenoxy) is 2. The van der Waals surface area contributed by atoms with Crippen LogP contribution < -0.4 is 10.1 Å². The zero-order valence-corrected chi connectivity index (χ0v) is 16.8. The summed E-state index contributed by atoms with van der Waals surface area (Å²) in [5.41, 5.74) is 0.186. The number of rotatable bonds is 7. The highest BCUT2D eigenvalue weighted by molar-refractivity contribution is 9.10. The van der Waals surface area contributed by atoms with Crippen molar-refractivity contribution in [3.05, 3.63) is 56.0 Å². The third-order valence-corrected chi connectivity index (χ3v) is 5.00. The molecule has 1 N–H and O–H groups in total. The van der Waals surface area contributed by atoms with Crippen LogP contribution in [0.1, 0.15) is 0 Å². The van der Waals surface area contributed by atoms with Gasteiger partial charge in [-0.3, -0.25) is 10.1 Å². The molecule has 0 radical (unpaired) electrons. The fourth-order valence-electron chi connectivity index (χ4n) is 2.42. The molecular weight excluding hydrogens is 459 g/mol. The van der Waals surface area contributed by atoms with E-state index < -0.39 is 10.7 Å². The van der Waals surface area contributed by atoms with Crippen molar-refractivity contribution in [3.8, 4) is 5.75 Å². The lowest BCUT2D eigenvalue weighted by Crippen LogP contribution is -2.06. The number of nitrogens with zero attached hydrogens (tertiary/aromatic N) is 3. The number of nitro groups is 1. The van der Waals surface area contributed by atoms with Crippen molar-refractivity contribution in [3.63, 3.8) is 0 Å². The largest absolute Gasteiger partial charge is 0.484 e. The average molecular weight is 472 g/mol. The number of aromatic nitrogens is 2. The molecule has 0 saturated heterocycles. The number of halogens is 3. The fraction of sp³-hybridized carbons (Fsp3) is 0.176. The SMILES string of the molecule is COCCOc1cc2ncnc(Nc3ccc(Br)c(Cl)c3F)c2cc1[N+](=O)[O-]. The average Bonchev–Trinajstić information content (AvgIpc) is 2.68. The molecule has 0 aliphatic rings. The van der Waals surface area contributed by atoms with Crippen LogP contribution in [0.2, 0.25) is 5.02 Å². The standard InChI is InChI=1S/C17H13BrClFN4O4/c1-27-4-5-28-14-7-12-9(6-13(14)24(25)26)17(22-8-21-12)23-11-3-2-10(18)15(19)16(11)20/h2-3,6-8H,4-5H2,1H3,(H,21,22,23). The molecule has 0 aliphatic heterocycles. The van der Waals surface area contributed by atoms with Gasteiger partial charge in [0.15, 0.2) is 11.6 Å². The second kappa shape index (κ2) is 8.63. The summed E-state index contributed by atoms with van der Waals surface area (Å²) in [6.07, 6.45) is 1.26. The van der Waals surface area contributed by atoms with E-state index in [1.165, 1.54) is 31.6 Å². The number of anilines is 2. The molecule has 1 aromatic heterocycles. The summed E-state index contributed by atoms with van der Waals surface area (Å²) in [6, 6.07) is 5.75. The van der Waals surface area contributed by atoms with Crippen LogP contribution in [0, 0.1) is 15.9 Å². The monoisotopic (exact) mass is 470 g/mol. The van der Waals surface area contributed by atoms with Crippen molar-refractivity contribution in [2.75, 3.05) is 25.6 Å². The minimum absolute atomic E-state index is 0.0528. The number of nitro benzene ring substituents is 1. The van der Waals surface area contributed by atoms with Crippen molar-refractivity contribution in [1.29, 1.82) is 0 Å². The Morgan fingerprint density at radius 3 is 2.82 bits per heavy atom. The van der Waals surface area contributed by atoms with Gasteiger partial charge in [0.1, 0.15) is 18.8 Å². The van der Waals surface area contributed by atoms with Crippen LogP contribution in [-0.2, 0) is 4.74 Å². The normalized spacial score (nSPS) is 10.9. The predicted octanol–water partition coefficient (Wildman–Crippen LogP) is 4.86. The molecule has 146 valence electrons. The Bertz CT molecular complexity index is 1050. The van der Waals surface area contributed by atoms with Gasteiger partial charge in [0.2, 0.25) is 0 Å². The molecule has 11 heteroatoms. The molecule has 0 amide bonds. The van der Waals surface area contributed by atoms with Gasteiger partial charge in [-0.25, -0.2) is 14.4 Å². The second-order valence-corrected chi connectivity index (χ2v) is 6.74. The van der Waals surface area contributed by atoms with E-state index >= 15 is 0 Å². The number of nitrogens with one attached hydrogen (secondary N) is 1. The molecule has 0 unspecified atom stereocenters. The van der Waals surface area contributed by atoms with Crippen LogP contribution in [-0.4, -0.2) is 35.2 Å². The molecule has 2 aromatic carbocycles. The maximum absolute atomic E-state index is 14.4. The lowest BCUT2D eigenvalue weighted by Gasteiger charge is -2.12. The summed E-state index contributed by atoms with van der Waals surface area (Å²) in [5, 5.41) is 14.5. The van der Waals surface area contributed by atoms with E-state index in [4.69, 9.17) is 21.1 Å². The van der Waals surface area contributed by atoms with Crippen LogP contribution in [0.4, 0.5) is 21.6 Å². The smallest absolute Gasteiger partial charge is 0.311 e. The molecule has 0 bridgehead atoms. The molecule has 0 aliphatic carbocycles. The summed E-state index contributed by atoms with van der Waals surface area (Å²) in [4.78, 5) is 19.1. The van der Waals surface area contributed by atoms with Gasteiger partial charge in [0.25, 0.3) is 0 Å². The van der Waals surface area contributed by atoms with Crippen molar-refractivity contribution in [2.24, 2.45) is 0 Å². The van der Waals surface area contributed by atoms with Crippen LogP contribution in [0.25, 0.3) is 10.9 Å². The molecule has 3 rings (SSSR count). The molecule has 28 heavy (non-hydrogen) atoms. The fourth-order valence-corrected chi connectivity index (χ4v) is 2.89. The highest BCUT2D eigenvalue weighted by Crippen LogP contribution is 2.36. The Kier molecular flexibility index (Phi) is 6.22. The molecule has 0 atom stereocenters. The summed E-state index contributed by atoms with van der Waals surface area (Å²) < 4.78 is 25.1. The summed E-state index contributed by atoms with van der Waals surface area (Å²) in [7, 11) is 1.50. The minimum Gasteiger partial charge on any atom is -0.484 e. The molecule has 8 nitrogen and oxygen atoms in total. The lowest BCUT2D eigenvalue weighted by molar-refractivity contribution is -0.385. The molecule has 3 aromatic rings. The van der Waals surface area contributed by atoms with E-state index in [2.05, 4.69) is 31.2 Å². The number of hydrogen-bond acceptors (Lipinski definition) is 7. The second-order valence-electron chi connectivity index (χ2n) is 5.51. The van der Waals surface area contributed by atoms with E-state index in [9.17, 15) is 14.5 Å². The summed E-state index contributed by atoms with van der Waals surface area (Å²) in [5.74, 6) is -0.442. The van der Waals surface area contributed by atoms with E-state index in [-0.39, 0.29) is 41.2 Å². The molecular formula is C17H13BrClFN4O4. The first kappa shape index (κ1) is 20.2. The van der Waals surface area contributed by atoms with Gasteiger partial charge >= 0.3 is 5.69 Å². The van der Waals surface area contributed by atoms with Crippen molar-refractivity contribution >= 4 is 55.6 Å². The number of fused-ring (bicyclic) bond motifs is 1.